The third kappa shape index (κ3) is 3.31. The Bertz CT molecular complexity index is 597. The van der Waals surface area contributed by atoms with E-state index in [1.54, 1.807) is 22.6 Å². The van der Waals surface area contributed by atoms with Gasteiger partial charge < -0.3 is 5.11 Å². The molecule has 0 aliphatic heterocycles. The number of rotatable bonds is 2. The monoisotopic (exact) mass is 396 g/mol. The van der Waals surface area contributed by atoms with Crippen LogP contribution >= 0.6 is 22.6 Å². The van der Waals surface area contributed by atoms with Crippen LogP contribution in [-0.4, -0.2) is 19.8 Å². The summed E-state index contributed by atoms with van der Waals surface area (Å²) in [6.45, 7) is 0. The predicted molar refractivity (Wildman–Crippen MR) is 60.6 cm³/mol. The molecule has 1 aromatic carbocycles. The topological polar surface area (TPSA) is 69.6 Å². The minimum absolute atomic E-state index is 0.344. The van der Waals surface area contributed by atoms with Crippen molar-refractivity contribution in [1.82, 2.24) is 0 Å². The summed E-state index contributed by atoms with van der Waals surface area (Å²) < 4.78 is 72.6. The summed E-state index contributed by atoms with van der Waals surface area (Å²) in [7, 11) is -5.97. The summed E-state index contributed by atoms with van der Waals surface area (Å²) in [5.74, 6) is -2.95. The van der Waals surface area contributed by atoms with Crippen LogP contribution in [0.25, 0.3) is 0 Å². The standard InChI is InChI=1S/C8H4F4INO3S/c9-6-2-1-4(13)3-5(6)7(15)14-18(16,17)8(10,11)12/h1-3H,(H,14,15)/p-1. The van der Waals surface area contributed by atoms with Crippen LogP contribution in [0.15, 0.2) is 22.6 Å². The van der Waals surface area contributed by atoms with Gasteiger partial charge in [-0.2, -0.15) is 26.0 Å². The summed E-state index contributed by atoms with van der Waals surface area (Å²) in [6.07, 6.45) is 0. The molecule has 0 atom stereocenters. The quantitative estimate of drug-likeness (QED) is 0.329. The number of benzene rings is 1. The van der Waals surface area contributed by atoms with E-state index < -0.39 is 32.8 Å². The van der Waals surface area contributed by atoms with Crippen LogP contribution in [0.1, 0.15) is 5.56 Å². The summed E-state index contributed by atoms with van der Waals surface area (Å²) >= 11 is 1.68. The molecule has 1 rings (SSSR count). The van der Waals surface area contributed by atoms with Crippen molar-refractivity contribution in [2.75, 3.05) is 0 Å². The predicted octanol–water partition coefficient (Wildman–Crippen LogP) is 1.39. The Hall–Kier alpha value is -0.910. The Labute approximate surface area is 113 Å². The van der Waals surface area contributed by atoms with E-state index in [-0.39, 0.29) is 0 Å². The van der Waals surface area contributed by atoms with E-state index in [0.29, 0.717) is 3.57 Å². The molecule has 1 aromatic rings. The van der Waals surface area contributed by atoms with Crippen molar-refractivity contribution in [3.63, 3.8) is 0 Å². The van der Waals surface area contributed by atoms with Crippen molar-refractivity contribution in [2.24, 2.45) is 4.40 Å². The zero-order valence-electron chi connectivity index (χ0n) is 8.20. The largest absolute Gasteiger partial charge is 0.858 e. The summed E-state index contributed by atoms with van der Waals surface area (Å²) in [5, 5.41) is 11.2. The van der Waals surface area contributed by atoms with Crippen molar-refractivity contribution in [3.05, 3.63) is 33.1 Å². The number of alkyl halides is 3. The van der Waals surface area contributed by atoms with Crippen LogP contribution in [0.3, 0.4) is 0 Å². The second-order valence-electron chi connectivity index (χ2n) is 2.94. The molecule has 0 aliphatic rings. The molecule has 4 nitrogen and oxygen atoms in total. The lowest BCUT2D eigenvalue weighted by Crippen LogP contribution is -2.28. The molecule has 0 bridgehead atoms. The van der Waals surface area contributed by atoms with Gasteiger partial charge in [0.1, 0.15) is 5.82 Å². The van der Waals surface area contributed by atoms with E-state index in [0.717, 1.165) is 12.1 Å². The van der Waals surface area contributed by atoms with Crippen molar-refractivity contribution in [2.45, 2.75) is 5.51 Å². The first-order chi connectivity index (χ1) is 8.04. The van der Waals surface area contributed by atoms with Crippen molar-refractivity contribution in [1.29, 1.82) is 0 Å². The van der Waals surface area contributed by atoms with E-state index in [1.807, 2.05) is 4.40 Å². The van der Waals surface area contributed by atoms with Gasteiger partial charge in [0, 0.05) is 15.0 Å². The highest BCUT2D eigenvalue weighted by molar-refractivity contribution is 14.1. The fourth-order valence-corrected chi connectivity index (χ4v) is 1.78. The van der Waals surface area contributed by atoms with E-state index in [1.165, 1.54) is 6.07 Å². The van der Waals surface area contributed by atoms with E-state index in [4.69, 9.17) is 0 Å². The number of nitrogens with zero attached hydrogens (tertiary/aromatic N) is 1. The molecule has 100 valence electrons. The van der Waals surface area contributed by atoms with Gasteiger partial charge >= 0.3 is 15.5 Å². The highest BCUT2D eigenvalue weighted by Gasteiger charge is 2.45. The van der Waals surface area contributed by atoms with Gasteiger partial charge in [-0.1, -0.05) is 0 Å². The summed E-state index contributed by atoms with van der Waals surface area (Å²) in [6, 6.07) is 2.98. The zero-order valence-corrected chi connectivity index (χ0v) is 11.2. The molecule has 0 saturated heterocycles. The average molecular weight is 396 g/mol. The molecule has 10 heteroatoms. The highest BCUT2D eigenvalue weighted by Crippen LogP contribution is 2.25. The molecule has 0 unspecified atom stereocenters. The maximum Gasteiger partial charge on any atom is 0.518 e. The van der Waals surface area contributed by atoms with Crippen LogP contribution in [0.5, 0.6) is 0 Å². The van der Waals surface area contributed by atoms with Crippen LogP contribution in [0, 0.1) is 9.39 Å². The zero-order chi connectivity index (χ0) is 14.1. The molecule has 0 spiro atoms. The first-order valence-corrected chi connectivity index (χ1v) is 6.60. The van der Waals surface area contributed by atoms with Crippen LogP contribution < -0.4 is 5.11 Å². The van der Waals surface area contributed by atoms with Gasteiger partial charge in [-0.25, -0.2) is 4.39 Å². The van der Waals surface area contributed by atoms with Crippen LogP contribution in [0.4, 0.5) is 17.6 Å². The lowest BCUT2D eigenvalue weighted by molar-refractivity contribution is -0.212. The molecule has 0 amide bonds. The van der Waals surface area contributed by atoms with Gasteiger partial charge in [-0.3, -0.25) is 0 Å². The first-order valence-electron chi connectivity index (χ1n) is 4.08. The highest BCUT2D eigenvalue weighted by atomic mass is 127. The number of halogens is 5. The minimum atomic E-state index is -5.97. The Kier molecular flexibility index (Phi) is 4.20. The molecule has 0 aromatic heterocycles. The van der Waals surface area contributed by atoms with E-state index in [2.05, 4.69) is 0 Å². The Morgan fingerprint density at radius 1 is 1.33 bits per heavy atom. The third-order valence-corrected chi connectivity index (χ3v) is 3.32. The van der Waals surface area contributed by atoms with Crippen molar-refractivity contribution in [3.8, 4) is 0 Å². The van der Waals surface area contributed by atoms with Gasteiger partial charge in [0.2, 0.25) is 0 Å². The molecule has 0 fully saturated rings. The fraction of sp³-hybridized carbons (Fsp3) is 0.125. The van der Waals surface area contributed by atoms with Gasteiger partial charge in [0.25, 0.3) is 0 Å². The lowest BCUT2D eigenvalue weighted by Gasteiger charge is -2.12. The molecule has 0 saturated carbocycles. The Balaban J connectivity index is 3.31. The van der Waals surface area contributed by atoms with Gasteiger partial charge in [0.05, 0.1) is 0 Å². The second-order valence-corrected chi connectivity index (χ2v) is 5.78. The minimum Gasteiger partial charge on any atom is -0.858 e. The number of hydrogen-bond donors (Lipinski definition) is 0. The lowest BCUT2D eigenvalue weighted by atomic mass is 10.2. The normalized spacial score (nSPS) is 13.7. The SMILES string of the molecule is O=S(=O)(/N=C(\[O-])c1cc(I)ccc1F)C(F)(F)F. The molecule has 18 heavy (non-hydrogen) atoms. The van der Waals surface area contributed by atoms with Crippen molar-refractivity contribution < 1.29 is 31.1 Å². The average Bonchev–Trinajstić information content (AvgIpc) is 2.19. The van der Waals surface area contributed by atoms with Gasteiger partial charge in [-0.05, 0) is 40.8 Å². The van der Waals surface area contributed by atoms with Crippen LogP contribution in [-0.2, 0) is 10.0 Å². The maximum absolute atomic E-state index is 13.1. The Morgan fingerprint density at radius 2 is 1.89 bits per heavy atom. The third-order valence-electron chi connectivity index (χ3n) is 1.65. The number of hydrogen-bond acceptors (Lipinski definition) is 3. The van der Waals surface area contributed by atoms with E-state index >= 15 is 0 Å². The maximum atomic E-state index is 13.1. The van der Waals surface area contributed by atoms with E-state index in [9.17, 15) is 31.1 Å². The smallest absolute Gasteiger partial charge is 0.518 e. The molecule has 0 radical (unpaired) electrons. The van der Waals surface area contributed by atoms with Gasteiger partial charge in [0.15, 0.2) is 0 Å². The molecular weight excluding hydrogens is 393 g/mol. The number of sulfonamides is 1. The fourth-order valence-electron chi connectivity index (χ4n) is 0.871. The van der Waals surface area contributed by atoms with Crippen LogP contribution in [0.2, 0.25) is 0 Å². The second kappa shape index (κ2) is 4.99. The molecule has 0 N–H and O–H groups in total. The molecule has 0 aliphatic carbocycles. The molecule has 0 heterocycles. The summed E-state index contributed by atoms with van der Waals surface area (Å²) in [5.41, 5.74) is -6.53. The van der Waals surface area contributed by atoms with Crippen molar-refractivity contribution >= 4 is 38.5 Å². The molecular formula is C8H3F4INO3S-. The first kappa shape index (κ1) is 15.1. The Morgan fingerprint density at radius 3 is 2.39 bits per heavy atom. The van der Waals surface area contributed by atoms with Gasteiger partial charge in [-0.15, -0.1) is 0 Å². The summed E-state index contributed by atoms with van der Waals surface area (Å²) in [4.78, 5) is 0.